The van der Waals surface area contributed by atoms with Crippen molar-refractivity contribution in [2.24, 2.45) is 0 Å². The van der Waals surface area contributed by atoms with E-state index in [1.165, 1.54) is 6.92 Å². The van der Waals surface area contributed by atoms with Crippen LogP contribution in [-0.4, -0.2) is 22.6 Å². The Kier molecular flexibility index (Phi) is 5.21. The van der Waals surface area contributed by atoms with Crippen LogP contribution in [0.3, 0.4) is 0 Å². The topological polar surface area (TPSA) is 63.6 Å². The third kappa shape index (κ3) is 4.96. The fraction of sp³-hybridized carbons (Fsp3) is 0.667. The molecule has 0 radical (unpaired) electrons. The van der Waals surface area contributed by atoms with Crippen molar-refractivity contribution in [1.82, 2.24) is 0 Å². The van der Waals surface area contributed by atoms with Crippen LogP contribution in [0.4, 0.5) is 0 Å². The molecule has 4 heteroatoms. The van der Waals surface area contributed by atoms with E-state index in [-0.39, 0.29) is 11.1 Å². The van der Waals surface area contributed by atoms with E-state index in [0.29, 0.717) is 12.8 Å². The van der Waals surface area contributed by atoms with Gasteiger partial charge in [0, 0.05) is 11.1 Å². The highest BCUT2D eigenvalue weighted by atomic mass is 16.6. The summed E-state index contributed by atoms with van der Waals surface area (Å²) in [5.74, 6) is -1.61. The molecule has 0 aromatic heterocycles. The SMILES string of the molecule is CCC/C(C(=O)O)=C(\C)C(=O)OC(C)(C)C. The molecule has 0 aliphatic carbocycles. The molecule has 16 heavy (non-hydrogen) atoms. The third-order valence-electron chi connectivity index (χ3n) is 1.92. The quantitative estimate of drug-likeness (QED) is 0.593. The zero-order valence-electron chi connectivity index (χ0n) is 10.6. The Morgan fingerprint density at radius 1 is 1.25 bits per heavy atom. The Labute approximate surface area is 96.3 Å². The zero-order valence-corrected chi connectivity index (χ0v) is 10.6. The van der Waals surface area contributed by atoms with Crippen LogP contribution in [0.5, 0.6) is 0 Å². The summed E-state index contributed by atoms with van der Waals surface area (Å²) in [6.07, 6.45) is 1.06. The van der Waals surface area contributed by atoms with Gasteiger partial charge in [0.1, 0.15) is 5.60 Å². The molecule has 0 heterocycles. The highest BCUT2D eigenvalue weighted by molar-refractivity contribution is 5.99. The standard InChI is InChI=1S/C12H20O4/c1-6-7-9(10(13)14)8(2)11(15)16-12(3,4)5/h6-7H2,1-5H3,(H,13,14)/b9-8-. The number of carbonyl (C=O) groups excluding carboxylic acids is 1. The molecule has 0 saturated carbocycles. The number of carbonyl (C=O) groups is 2. The lowest BCUT2D eigenvalue weighted by Crippen LogP contribution is -2.25. The van der Waals surface area contributed by atoms with Gasteiger partial charge in [0.2, 0.25) is 0 Å². The van der Waals surface area contributed by atoms with E-state index in [1.807, 2.05) is 6.92 Å². The minimum atomic E-state index is -1.05. The lowest BCUT2D eigenvalue weighted by atomic mass is 10.0. The first kappa shape index (κ1) is 14.7. The average Bonchev–Trinajstić information content (AvgIpc) is 2.09. The second kappa shape index (κ2) is 5.68. The van der Waals surface area contributed by atoms with E-state index in [1.54, 1.807) is 20.8 Å². The van der Waals surface area contributed by atoms with Crippen LogP contribution in [0.25, 0.3) is 0 Å². The van der Waals surface area contributed by atoms with Crippen molar-refractivity contribution in [1.29, 1.82) is 0 Å². The fourth-order valence-electron chi connectivity index (χ4n) is 1.18. The summed E-state index contributed by atoms with van der Waals surface area (Å²) < 4.78 is 5.12. The Morgan fingerprint density at radius 2 is 1.75 bits per heavy atom. The molecule has 0 aliphatic rings. The highest BCUT2D eigenvalue weighted by Crippen LogP contribution is 2.16. The number of hydrogen-bond acceptors (Lipinski definition) is 3. The average molecular weight is 228 g/mol. The molecular weight excluding hydrogens is 208 g/mol. The van der Waals surface area contributed by atoms with Gasteiger partial charge in [0.15, 0.2) is 0 Å². The van der Waals surface area contributed by atoms with E-state index in [0.717, 1.165) is 0 Å². The van der Waals surface area contributed by atoms with Gasteiger partial charge < -0.3 is 9.84 Å². The predicted octanol–water partition coefficient (Wildman–Crippen LogP) is 2.53. The first-order valence-electron chi connectivity index (χ1n) is 5.35. The third-order valence-corrected chi connectivity index (χ3v) is 1.92. The van der Waals surface area contributed by atoms with Gasteiger partial charge in [0.25, 0.3) is 0 Å². The molecule has 0 saturated heterocycles. The van der Waals surface area contributed by atoms with Gasteiger partial charge in [-0.15, -0.1) is 0 Å². The van der Waals surface area contributed by atoms with Crippen molar-refractivity contribution in [3.63, 3.8) is 0 Å². The summed E-state index contributed by atoms with van der Waals surface area (Å²) in [4.78, 5) is 22.6. The summed E-state index contributed by atoms with van der Waals surface area (Å²) in [5, 5.41) is 8.96. The largest absolute Gasteiger partial charge is 0.478 e. The van der Waals surface area contributed by atoms with Crippen molar-refractivity contribution in [3.8, 4) is 0 Å². The van der Waals surface area contributed by atoms with E-state index in [9.17, 15) is 9.59 Å². The number of ether oxygens (including phenoxy) is 1. The molecule has 4 nitrogen and oxygen atoms in total. The second-order valence-electron chi connectivity index (χ2n) is 4.66. The number of carboxylic acids is 1. The van der Waals surface area contributed by atoms with Gasteiger partial charge in [-0.1, -0.05) is 13.3 Å². The Morgan fingerprint density at radius 3 is 2.06 bits per heavy atom. The normalized spacial score (nSPS) is 13.1. The molecule has 0 amide bonds. The predicted molar refractivity (Wildman–Crippen MR) is 61.1 cm³/mol. The van der Waals surface area contributed by atoms with Crippen LogP contribution in [0.1, 0.15) is 47.5 Å². The number of aliphatic carboxylic acids is 1. The maximum absolute atomic E-state index is 11.6. The summed E-state index contributed by atoms with van der Waals surface area (Å²) in [6.45, 7) is 8.60. The van der Waals surface area contributed by atoms with E-state index in [4.69, 9.17) is 9.84 Å². The molecule has 1 N–H and O–H groups in total. The van der Waals surface area contributed by atoms with Gasteiger partial charge in [-0.05, 0) is 34.1 Å². The smallest absolute Gasteiger partial charge is 0.334 e. The summed E-state index contributed by atoms with van der Waals surface area (Å²) in [6, 6.07) is 0. The number of rotatable bonds is 4. The molecule has 0 aliphatic heterocycles. The van der Waals surface area contributed by atoms with Crippen LogP contribution >= 0.6 is 0 Å². The summed E-state index contributed by atoms with van der Waals surface area (Å²) in [5.41, 5.74) is -0.283. The van der Waals surface area contributed by atoms with Crippen LogP contribution < -0.4 is 0 Å². The van der Waals surface area contributed by atoms with Gasteiger partial charge in [-0.2, -0.15) is 0 Å². The van der Waals surface area contributed by atoms with Crippen LogP contribution in [0, 0.1) is 0 Å². The van der Waals surface area contributed by atoms with Crippen molar-refractivity contribution in [2.45, 2.75) is 53.1 Å². The van der Waals surface area contributed by atoms with Crippen molar-refractivity contribution < 1.29 is 19.4 Å². The first-order valence-corrected chi connectivity index (χ1v) is 5.35. The molecule has 0 fully saturated rings. The molecule has 0 rings (SSSR count). The van der Waals surface area contributed by atoms with Gasteiger partial charge >= 0.3 is 11.9 Å². The molecular formula is C12H20O4. The van der Waals surface area contributed by atoms with Crippen molar-refractivity contribution in [2.75, 3.05) is 0 Å². The number of esters is 1. The van der Waals surface area contributed by atoms with Crippen LogP contribution in [-0.2, 0) is 14.3 Å². The molecule has 0 bridgehead atoms. The van der Waals surface area contributed by atoms with E-state index in [2.05, 4.69) is 0 Å². The zero-order chi connectivity index (χ0) is 12.9. The van der Waals surface area contributed by atoms with Crippen molar-refractivity contribution >= 4 is 11.9 Å². The van der Waals surface area contributed by atoms with Gasteiger partial charge in [0.05, 0.1) is 0 Å². The molecule has 0 spiro atoms. The molecule has 0 atom stereocenters. The minimum absolute atomic E-state index is 0.136. The van der Waals surface area contributed by atoms with Crippen LogP contribution in [0.15, 0.2) is 11.1 Å². The van der Waals surface area contributed by atoms with Gasteiger partial charge in [-0.3, -0.25) is 0 Å². The van der Waals surface area contributed by atoms with E-state index >= 15 is 0 Å². The molecule has 92 valence electrons. The lowest BCUT2D eigenvalue weighted by Gasteiger charge is -2.20. The monoisotopic (exact) mass is 228 g/mol. The Balaban J connectivity index is 4.96. The highest BCUT2D eigenvalue weighted by Gasteiger charge is 2.22. The van der Waals surface area contributed by atoms with Crippen LogP contribution in [0.2, 0.25) is 0 Å². The Bertz CT molecular complexity index is 307. The van der Waals surface area contributed by atoms with E-state index < -0.39 is 17.5 Å². The maximum atomic E-state index is 11.6. The molecule has 0 aromatic carbocycles. The summed E-state index contributed by atoms with van der Waals surface area (Å²) >= 11 is 0. The minimum Gasteiger partial charge on any atom is -0.478 e. The number of hydrogen-bond donors (Lipinski definition) is 1. The molecule has 0 aromatic rings. The summed E-state index contributed by atoms with van der Waals surface area (Å²) in [7, 11) is 0. The number of carboxylic acid groups (broad SMARTS) is 1. The Hall–Kier alpha value is -1.32. The molecule has 0 unspecified atom stereocenters. The lowest BCUT2D eigenvalue weighted by molar-refractivity contribution is -0.150. The fourth-order valence-corrected chi connectivity index (χ4v) is 1.18. The van der Waals surface area contributed by atoms with Crippen molar-refractivity contribution in [3.05, 3.63) is 11.1 Å². The first-order chi connectivity index (χ1) is 7.19. The van der Waals surface area contributed by atoms with Gasteiger partial charge in [-0.25, -0.2) is 9.59 Å². The second-order valence-corrected chi connectivity index (χ2v) is 4.66. The maximum Gasteiger partial charge on any atom is 0.334 e.